The molecule has 0 N–H and O–H groups in total. The van der Waals surface area contributed by atoms with Crippen LogP contribution in [-0.2, 0) is 9.53 Å². The Morgan fingerprint density at radius 3 is 2.50 bits per heavy atom. The lowest BCUT2D eigenvalue weighted by molar-refractivity contribution is -0.140. The first-order valence-electron chi connectivity index (χ1n) is 9.50. The molecule has 0 aromatic carbocycles. The number of aromatic nitrogens is 2. The van der Waals surface area contributed by atoms with Crippen molar-refractivity contribution in [3.8, 4) is 0 Å². The molecule has 0 radical (unpaired) electrons. The van der Waals surface area contributed by atoms with Gasteiger partial charge < -0.3 is 14.5 Å². The van der Waals surface area contributed by atoms with E-state index in [4.69, 9.17) is 16.3 Å². The summed E-state index contributed by atoms with van der Waals surface area (Å²) in [6, 6.07) is 0. The zero-order valence-corrected chi connectivity index (χ0v) is 15.8. The first kappa shape index (κ1) is 17.9. The van der Waals surface area contributed by atoms with Crippen LogP contribution in [-0.4, -0.2) is 83.7 Å². The van der Waals surface area contributed by atoms with Crippen molar-refractivity contribution in [3.05, 3.63) is 17.4 Å². The van der Waals surface area contributed by atoms with Crippen molar-refractivity contribution < 1.29 is 9.53 Å². The van der Waals surface area contributed by atoms with Gasteiger partial charge in [0.2, 0.25) is 11.9 Å². The molecule has 0 bridgehead atoms. The Hall–Kier alpha value is -1.44. The van der Waals surface area contributed by atoms with Gasteiger partial charge in [-0.1, -0.05) is 11.6 Å². The molecule has 4 rings (SSSR count). The summed E-state index contributed by atoms with van der Waals surface area (Å²) in [7, 11) is 0. The number of rotatable bonds is 3. The third-order valence-electron chi connectivity index (χ3n) is 5.72. The van der Waals surface area contributed by atoms with Crippen molar-refractivity contribution in [3.63, 3.8) is 0 Å². The maximum absolute atomic E-state index is 12.5. The summed E-state index contributed by atoms with van der Waals surface area (Å²) < 4.78 is 6.17. The quantitative estimate of drug-likeness (QED) is 0.791. The molecule has 0 atom stereocenters. The van der Waals surface area contributed by atoms with E-state index in [0.717, 1.165) is 52.1 Å². The van der Waals surface area contributed by atoms with Gasteiger partial charge in [-0.3, -0.25) is 9.69 Å². The monoisotopic (exact) mass is 379 g/mol. The van der Waals surface area contributed by atoms with E-state index in [9.17, 15) is 4.79 Å². The second-order valence-corrected chi connectivity index (χ2v) is 7.95. The molecule has 3 aliphatic heterocycles. The third-order valence-corrected chi connectivity index (χ3v) is 5.92. The van der Waals surface area contributed by atoms with E-state index in [1.807, 2.05) is 4.90 Å². The van der Waals surface area contributed by atoms with Crippen molar-refractivity contribution in [1.29, 1.82) is 0 Å². The highest BCUT2D eigenvalue weighted by Crippen LogP contribution is 2.31. The number of amides is 1. The van der Waals surface area contributed by atoms with Crippen LogP contribution in [0.2, 0.25) is 5.02 Å². The Balaban J connectivity index is 1.33. The molecule has 3 fully saturated rings. The summed E-state index contributed by atoms with van der Waals surface area (Å²) >= 11 is 5.89. The molecule has 0 aliphatic carbocycles. The number of carbonyl (C=O) groups excluding carboxylic acids is 1. The summed E-state index contributed by atoms with van der Waals surface area (Å²) in [6.45, 7) is 6.42. The van der Waals surface area contributed by atoms with Crippen LogP contribution in [0.5, 0.6) is 0 Å². The van der Waals surface area contributed by atoms with E-state index in [-0.39, 0.29) is 11.5 Å². The number of hydrogen-bond acceptors (Lipinski definition) is 6. The molecule has 7 nitrogen and oxygen atoms in total. The summed E-state index contributed by atoms with van der Waals surface area (Å²) in [5.41, 5.74) is -0.203. The van der Waals surface area contributed by atoms with Gasteiger partial charge in [0.1, 0.15) is 0 Å². The maximum Gasteiger partial charge on any atom is 0.236 e. The fraction of sp³-hybridized carbons (Fsp3) is 0.722. The van der Waals surface area contributed by atoms with Gasteiger partial charge in [-0.25, -0.2) is 9.97 Å². The minimum Gasteiger partial charge on any atom is -0.371 e. The van der Waals surface area contributed by atoms with Gasteiger partial charge in [0, 0.05) is 19.6 Å². The first-order valence-corrected chi connectivity index (χ1v) is 9.88. The second kappa shape index (κ2) is 7.66. The molecule has 0 saturated carbocycles. The van der Waals surface area contributed by atoms with Gasteiger partial charge >= 0.3 is 0 Å². The Kier molecular flexibility index (Phi) is 5.29. The number of anilines is 1. The zero-order chi connectivity index (χ0) is 18.0. The predicted molar refractivity (Wildman–Crippen MR) is 99.4 cm³/mol. The first-order chi connectivity index (χ1) is 12.6. The van der Waals surface area contributed by atoms with Crippen LogP contribution < -0.4 is 4.90 Å². The number of carbonyl (C=O) groups is 1. The molecule has 4 heterocycles. The minimum atomic E-state index is -0.203. The smallest absolute Gasteiger partial charge is 0.236 e. The Morgan fingerprint density at radius 1 is 1.12 bits per heavy atom. The largest absolute Gasteiger partial charge is 0.371 e. The molecule has 3 aliphatic rings. The van der Waals surface area contributed by atoms with Gasteiger partial charge in [0.25, 0.3) is 0 Å². The van der Waals surface area contributed by atoms with E-state index < -0.39 is 0 Å². The van der Waals surface area contributed by atoms with Crippen LogP contribution in [0.15, 0.2) is 12.4 Å². The molecule has 1 spiro atoms. The lowest BCUT2D eigenvalue weighted by Gasteiger charge is -2.47. The number of piperidine rings is 1. The van der Waals surface area contributed by atoms with Crippen LogP contribution in [0.1, 0.15) is 25.7 Å². The zero-order valence-electron chi connectivity index (χ0n) is 15.1. The summed E-state index contributed by atoms with van der Waals surface area (Å²) in [4.78, 5) is 27.7. The topological polar surface area (TPSA) is 61.8 Å². The van der Waals surface area contributed by atoms with Gasteiger partial charge in [-0.05, 0) is 38.8 Å². The predicted octanol–water partition coefficient (Wildman–Crippen LogP) is 1.42. The average Bonchev–Trinajstić information content (AvgIpc) is 3.16. The fourth-order valence-electron chi connectivity index (χ4n) is 4.18. The highest BCUT2D eigenvalue weighted by Gasteiger charge is 2.41. The van der Waals surface area contributed by atoms with Gasteiger partial charge in [-0.2, -0.15) is 0 Å². The van der Waals surface area contributed by atoms with Crippen LogP contribution in [0, 0.1) is 0 Å². The highest BCUT2D eigenvalue weighted by atomic mass is 35.5. The molecule has 1 amide bonds. The lowest BCUT2D eigenvalue weighted by Crippen LogP contribution is -2.58. The molecule has 3 saturated heterocycles. The normalized spacial score (nSPS) is 23.6. The molecule has 1 aromatic rings. The lowest BCUT2D eigenvalue weighted by atomic mass is 9.89. The summed E-state index contributed by atoms with van der Waals surface area (Å²) in [6.07, 6.45) is 7.42. The Morgan fingerprint density at radius 2 is 1.81 bits per heavy atom. The second-order valence-electron chi connectivity index (χ2n) is 7.52. The van der Waals surface area contributed by atoms with Crippen LogP contribution in [0.4, 0.5) is 5.95 Å². The summed E-state index contributed by atoms with van der Waals surface area (Å²) in [5, 5.41) is 0.543. The van der Waals surface area contributed by atoms with Crippen molar-refractivity contribution in [1.82, 2.24) is 19.8 Å². The van der Waals surface area contributed by atoms with E-state index >= 15 is 0 Å². The van der Waals surface area contributed by atoms with Crippen molar-refractivity contribution >= 4 is 23.5 Å². The van der Waals surface area contributed by atoms with Gasteiger partial charge in [0.15, 0.2) is 0 Å². The Labute approximate surface area is 159 Å². The van der Waals surface area contributed by atoms with Gasteiger partial charge in [-0.15, -0.1) is 0 Å². The molecule has 142 valence electrons. The molecular formula is C18H26ClN5O2. The fourth-order valence-corrected chi connectivity index (χ4v) is 4.28. The number of morpholine rings is 1. The summed E-state index contributed by atoms with van der Waals surface area (Å²) in [5.74, 6) is 0.958. The molecular weight excluding hydrogens is 354 g/mol. The molecule has 0 unspecified atom stereocenters. The third kappa shape index (κ3) is 3.94. The SMILES string of the molecule is O=C(CN1CCCC1)N1CCC2(CC1)CN(c1ncc(Cl)cn1)CCO2. The molecule has 1 aromatic heterocycles. The van der Waals surface area contributed by atoms with Gasteiger partial charge in [0.05, 0.1) is 42.7 Å². The molecule has 26 heavy (non-hydrogen) atoms. The Bertz CT molecular complexity index is 627. The number of halogens is 1. The number of hydrogen-bond donors (Lipinski definition) is 0. The van der Waals surface area contributed by atoms with E-state index in [0.29, 0.717) is 24.1 Å². The maximum atomic E-state index is 12.5. The van der Waals surface area contributed by atoms with E-state index in [2.05, 4.69) is 19.8 Å². The van der Waals surface area contributed by atoms with Crippen LogP contribution in [0.3, 0.4) is 0 Å². The van der Waals surface area contributed by atoms with Crippen LogP contribution in [0.25, 0.3) is 0 Å². The van der Waals surface area contributed by atoms with E-state index in [1.54, 1.807) is 12.4 Å². The van der Waals surface area contributed by atoms with Crippen molar-refractivity contribution in [2.24, 2.45) is 0 Å². The van der Waals surface area contributed by atoms with Crippen LogP contribution >= 0.6 is 11.6 Å². The highest BCUT2D eigenvalue weighted by molar-refractivity contribution is 6.30. The minimum absolute atomic E-state index is 0.203. The molecule has 8 heteroatoms. The van der Waals surface area contributed by atoms with Crippen molar-refractivity contribution in [2.45, 2.75) is 31.3 Å². The number of ether oxygens (including phenoxy) is 1. The average molecular weight is 380 g/mol. The number of nitrogens with zero attached hydrogens (tertiary/aromatic N) is 5. The van der Waals surface area contributed by atoms with E-state index in [1.165, 1.54) is 12.8 Å². The number of likely N-dealkylation sites (tertiary alicyclic amines) is 2. The van der Waals surface area contributed by atoms with Crippen molar-refractivity contribution in [2.75, 3.05) is 57.3 Å². The standard InChI is InChI=1S/C18H26ClN5O2/c19-15-11-20-17(21-12-15)24-9-10-26-18(14-24)3-7-23(8-4-18)16(25)13-22-5-1-2-6-22/h11-12H,1-10,13-14H2.